The number of carbonyl (C=O) groups excluding carboxylic acids is 1. The van der Waals surface area contributed by atoms with Crippen molar-refractivity contribution in [3.63, 3.8) is 0 Å². The van der Waals surface area contributed by atoms with E-state index in [4.69, 9.17) is 10.8 Å². The number of allylic oxidation sites excluding steroid dienone is 2. The summed E-state index contributed by atoms with van der Waals surface area (Å²) in [6, 6.07) is 0. The highest BCUT2D eigenvalue weighted by molar-refractivity contribution is 5.79. The van der Waals surface area contributed by atoms with Gasteiger partial charge < -0.3 is 10.8 Å². The quantitative estimate of drug-likeness (QED) is 0.663. The average Bonchev–Trinajstić information content (AvgIpc) is 2.59. The Hall–Kier alpha value is -1.42. The fraction of sp³-hybridized carbons (Fsp3) is 0.714. The van der Waals surface area contributed by atoms with E-state index in [2.05, 4.69) is 13.2 Å². The van der Waals surface area contributed by atoms with E-state index in [9.17, 15) is 9.59 Å². The first-order chi connectivity index (χ1) is 11.9. The molecule has 0 aromatic heterocycles. The highest BCUT2D eigenvalue weighted by Crippen LogP contribution is 2.41. The number of rotatable bonds is 7. The van der Waals surface area contributed by atoms with Crippen molar-refractivity contribution in [1.82, 2.24) is 0 Å². The Kier molecular flexibility index (Phi) is 9.73. The Labute approximate surface area is 152 Å². The number of Topliss-reactive ketones (excluding diaryl/α,β-unsaturated/α-hetero) is 1. The molecule has 2 aliphatic carbocycles. The van der Waals surface area contributed by atoms with Gasteiger partial charge >= 0.3 is 5.97 Å². The first kappa shape index (κ1) is 21.6. The van der Waals surface area contributed by atoms with Crippen molar-refractivity contribution < 1.29 is 14.7 Å². The van der Waals surface area contributed by atoms with Crippen molar-refractivity contribution in [2.45, 2.75) is 70.6 Å². The monoisotopic (exact) mass is 349 g/mol. The molecule has 0 spiro atoms. The molecule has 3 N–H and O–H groups in total. The maximum atomic E-state index is 10.8. The summed E-state index contributed by atoms with van der Waals surface area (Å²) in [5.74, 6) is 1.16. The Bertz CT molecular complexity index is 440. The van der Waals surface area contributed by atoms with Gasteiger partial charge in [-0.15, -0.1) is 13.2 Å². The lowest BCUT2D eigenvalue weighted by atomic mass is 9.68. The van der Waals surface area contributed by atoms with E-state index in [1.165, 1.54) is 0 Å². The SMILES string of the molecule is C=CCC1CCC(=O)CC1.C=CCC1CCC(CN)(CC(=O)O)CC1. The van der Waals surface area contributed by atoms with E-state index in [0.717, 1.165) is 70.1 Å². The maximum absolute atomic E-state index is 10.8. The van der Waals surface area contributed by atoms with Crippen LogP contribution in [0.25, 0.3) is 0 Å². The molecule has 0 saturated heterocycles. The van der Waals surface area contributed by atoms with Crippen LogP contribution in [0.15, 0.2) is 25.3 Å². The predicted octanol–water partition coefficient (Wildman–Crippen LogP) is 4.49. The molecule has 0 aromatic carbocycles. The molecule has 0 aromatic rings. The van der Waals surface area contributed by atoms with Gasteiger partial charge in [0, 0.05) is 12.8 Å². The van der Waals surface area contributed by atoms with Gasteiger partial charge in [-0.05, 0) is 75.2 Å². The minimum absolute atomic E-state index is 0.135. The number of hydrogen-bond donors (Lipinski definition) is 2. The van der Waals surface area contributed by atoms with Crippen molar-refractivity contribution in [2.75, 3.05) is 6.54 Å². The molecule has 0 bridgehead atoms. The summed E-state index contributed by atoms with van der Waals surface area (Å²) >= 11 is 0. The topological polar surface area (TPSA) is 80.4 Å². The fourth-order valence-electron chi connectivity index (χ4n) is 4.01. The molecule has 0 unspecified atom stereocenters. The number of carbonyl (C=O) groups is 2. The molecule has 4 nitrogen and oxygen atoms in total. The van der Waals surface area contributed by atoms with Crippen LogP contribution in [0.3, 0.4) is 0 Å². The maximum Gasteiger partial charge on any atom is 0.303 e. The van der Waals surface area contributed by atoms with Crippen LogP contribution in [-0.4, -0.2) is 23.4 Å². The van der Waals surface area contributed by atoms with E-state index in [0.29, 0.717) is 18.2 Å². The molecule has 25 heavy (non-hydrogen) atoms. The zero-order chi connectivity index (χ0) is 18.7. The average molecular weight is 350 g/mol. The molecule has 2 aliphatic rings. The van der Waals surface area contributed by atoms with Gasteiger partial charge in [-0.25, -0.2) is 0 Å². The second-order valence-corrected chi connectivity index (χ2v) is 7.75. The van der Waals surface area contributed by atoms with Crippen molar-refractivity contribution in [1.29, 1.82) is 0 Å². The second kappa shape index (κ2) is 11.2. The normalized spacial score (nSPS) is 27.1. The minimum atomic E-state index is -0.720. The molecule has 0 radical (unpaired) electrons. The summed E-state index contributed by atoms with van der Waals surface area (Å²) in [5.41, 5.74) is 5.59. The lowest BCUT2D eigenvalue weighted by molar-refractivity contribution is -0.140. The van der Waals surface area contributed by atoms with E-state index >= 15 is 0 Å². The molecule has 2 rings (SSSR count). The lowest BCUT2D eigenvalue weighted by Crippen LogP contribution is -2.36. The zero-order valence-electron chi connectivity index (χ0n) is 15.5. The highest BCUT2D eigenvalue weighted by Gasteiger charge is 2.35. The highest BCUT2D eigenvalue weighted by atomic mass is 16.4. The zero-order valence-corrected chi connectivity index (χ0v) is 15.5. The third-order valence-corrected chi connectivity index (χ3v) is 5.79. The van der Waals surface area contributed by atoms with E-state index in [1.807, 2.05) is 12.2 Å². The van der Waals surface area contributed by atoms with Crippen LogP contribution in [0, 0.1) is 17.3 Å². The second-order valence-electron chi connectivity index (χ2n) is 7.75. The van der Waals surface area contributed by atoms with E-state index < -0.39 is 5.97 Å². The van der Waals surface area contributed by atoms with Crippen LogP contribution in [-0.2, 0) is 9.59 Å². The number of carboxylic acids is 1. The molecule has 0 heterocycles. The van der Waals surface area contributed by atoms with Gasteiger partial charge in [0.2, 0.25) is 0 Å². The van der Waals surface area contributed by atoms with Crippen LogP contribution in [0.2, 0.25) is 0 Å². The summed E-state index contributed by atoms with van der Waals surface area (Å²) in [6.07, 6.45) is 14.2. The number of nitrogens with two attached hydrogens (primary N) is 1. The largest absolute Gasteiger partial charge is 0.481 e. The smallest absolute Gasteiger partial charge is 0.303 e. The molecule has 2 fully saturated rings. The first-order valence-electron chi connectivity index (χ1n) is 9.60. The van der Waals surface area contributed by atoms with Crippen molar-refractivity contribution >= 4 is 11.8 Å². The van der Waals surface area contributed by atoms with Gasteiger partial charge in [0.25, 0.3) is 0 Å². The van der Waals surface area contributed by atoms with Gasteiger partial charge in [-0.3, -0.25) is 9.59 Å². The van der Waals surface area contributed by atoms with Gasteiger partial charge in [-0.1, -0.05) is 12.2 Å². The standard InChI is InChI=1S/C12H21NO2.C9H14O/c1-2-3-10-4-6-12(9-13,7-5-10)8-11(14)15;1-2-3-8-4-6-9(10)7-5-8/h2,10H,1,3-9,13H2,(H,14,15);2,8H,1,3-7H2. The molecule has 142 valence electrons. The number of hydrogen-bond acceptors (Lipinski definition) is 3. The van der Waals surface area contributed by atoms with Crippen molar-refractivity contribution in [3.8, 4) is 0 Å². The van der Waals surface area contributed by atoms with Crippen LogP contribution in [0.1, 0.15) is 70.6 Å². The summed E-state index contributed by atoms with van der Waals surface area (Å²) in [5, 5.41) is 8.86. The van der Waals surface area contributed by atoms with Crippen LogP contribution < -0.4 is 5.73 Å². The number of ketones is 1. The van der Waals surface area contributed by atoms with Crippen molar-refractivity contribution in [2.24, 2.45) is 23.0 Å². The molecule has 0 aliphatic heterocycles. The van der Waals surface area contributed by atoms with Crippen molar-refractivity contribution in [3.05, 3.63) is 25.3 Å². The molecule has 0 atom stereocenters. The Balaban J connectivity index is 0.000000271. The Morgan fingerprint density at radius 2 is 1.56 bits per heavy atom. The third kappa shape index (κ3) is 8.00. The summed E-state index contributed by atoms with van der Waals surface area (Å²) < 4.78 is 0. The van der Waals surface area contributed by atoms with Gasteiger partial charge in [-0.2, -0.15) is 0 Å². The Morgan fingerprint density at radius 3 is 1.96 bits per heavy atom. The van der Waals surface area contributed by atoms with E-state index in [-0.39, 0.29) is 11.8 Å². The third-order valence-electron chi connectivity index (χ3n) is 5.79. The first-order valence-corrected chi connectivity index (χ1v) is 9.60. The molecule has 2 saturated carbocycles. The predicted molar refractivity (Wildman–Crippen MR) is 102 cm³/mol. The molecular weight excluding hydrogens is 314 g/mol. The van der Waals surface area contributed by atoms with E-state index in [1.54, 1.807) is 0 Å². The molecule has 0 amide bonds. The fourth-order valence-corrected chi connectivity index (χ4v) is 4.01. The lowest BCUT2D eigenvalue weighted by Gasteiger charge is -2.38. The van der Waals surface area contributed by atoms with Gasteiger partial charge in [0.15, 0.2) is 0 Å². The van der Waals surface area contributed by atoms with Crippen LogP contribution in [0.5, 0.6) is 0 Å². The van der Waals surface area contributed by atoms with Crippen LogP contribution >= 0.6 is 0 Å². The number of carboxylic acid groups (broad SMARTS) is 1. The molecule has 4 heteroatoms. The minimum Gasteiger partial charge on any atom is -0.481 e. The van der Waals surface area contributed by atoms with Crippen LogP contribution in [0.4, 0.5) is 0 Å². The number of aliphatic carboxylic acids is 1. The molecular formula is C21H35NO3. The van der Waals surface area contributed by atoms with Gasteiger partial charge in [0.1, 0.15) is 5.78 Å². The summed E-state index contributed by atoms with van der Waals surface area (Å²) in [6.45, 7) is 7.93. The summed E-state index contributed by atoms with van der Waals surface area (Å²) in [7, 11) is 0. The summed E-state index contributed by atoms with van der Waals surface area (Å²) in [4.78, 5) is 21.6. The van der Waals surface area contributed by atoms with Gasteiger partial charge in [0.05, 0.1) is 6.42 Å². The Morgan fingerprint density at radius 1 is 1.08 bits per heavy atom.